The average molecular weight is 432 g/mol. The molecule has 0 spiro atoms. The summed E-state index contributed by atoms with van der Waals surface area (Å²) in [7, 11) is 2.15. The molecule has 0 saturated carbocycles. The van der Waals surface area contributed by atoms with E-state index in [1.807, 2.05) is 0 Å². The van der Waals surface area contributed by atoms with Gasteiger partial charge in [0.05, 0.1) is 6.54 Å². The first-order valence-electron chi connectivity index (χ1n) is 7.03. The van der Waals surface area contributed by atoms with Crippen LogP contribution in [0.15, 0.2) is 38.6 Å². The molecular formula is C16H20Br2N2S. The lowest BCUT2D eigenvalue weighted by Crippen LogP contribution is -2.20. The predicted octanol–water partition coefficient (Wildman–Crippen LogP) is 5.41. The van der Waals surface area contributed by atoms with E-state index in [4.69, 9.17) is 0 Å². The summed E-state index contributed by atoms with van der Waals surface area (Å²) in [5.74, 6) is 0. The molecule has 0 atom stereocenters. The van der Waals surface area contributed by atoms with E-state index in [1.165, 1.54) is 16.1 Å². The second-order valence-corrected chi connectivity index (χ2v) is 7.86. The van der Waals surface area contributed by atoms with Crippen LogP contribution >= 0.6 is 43.2 Å². The number of rotatable bonds is 7. The van der Waals surface area contributed by atoms with E-state index in [9.17, 15) is 0 Å². The van der Waals surface area contributed by atoms with Crippen LogP contribution in [-0.4, -0.2) is 13.6 Å². The van der Waals surface area contributed by atoms with E-state index in [0.717, 1.165) is 35.0 Å². The third-order valence-corrected chi connectivity index (χ3v) is 5.39. The van der Waals surface area contributed by atoms with E-state index in [-0.39, 0.29) is 0 Å². The molecule has 21 heavy (non-hydrogen) atoms. The molecule has 2 aromatic rings. The monoisotopic (exact) mass is 430 g/mol. The number of benzene rings is 1. The zero-order valence-corrected chi connectivity index (χ0v) is 16.3. The minimum Gasteiger partial charge on any atom is -0.369 e. The van der Waals surface area contributed by atoms with Gasteiger partial charge in [-0.15, -0.1) is 11.3 Å². The molecule has 0 unspecified atom stereocenters. The lowest BCUT2D eigenvalue weighted by Gasteiger charge is -2.22. The van der Waals surface area contributed by atoms with Gasteiger partial charge in [-0.2, -0.15) is 0 Å². The Bertz CT molecular complexity index is 583. The topological polar surface area (TPSA) is 15.3 Å². The van der Waals surface area contributed by atoms with Crippen molar-refractivity contribution in [3.05, 3.63) is 49.0 Å². The van der Waals surface area contributed by atoms with Crippen LogP contribution in [0.1, 0.15) is 23.8 Å². The Hall–Kier alpha value is -0.360. The van der Waals surface area contributed by atoms with Crippen molar-refractivity contribution in [1.82, 2.24) is 5.32 Å². The molecule has 0 aliphatic rings. The largest absolute Gasteiger partial charge is 0.369 e. The normalized spacial score (nSPS) is 10.9. The molecule has 0 aliphatic heterocycles. The molecule has 0 amide bonds. The molecule has 114 valence electrons. The van der Waals surface area contributed by atoms with Crippen molar-refractivity contribution in [1.29, 1.82) is 0 Å². The van der Waals surface area contributed by atoms with Crippen LogP contribution in [0.5, 0.6) is 0 Å². The average Bonchev–Trinajstić information content (AvgIpc) is 2.84. The van der Waals surface area contributed by atoms with Crippen LogP contribution in [0.4, 0.5) is 5.69 Å². The molecule has 0 bridgehead atoms. The summed E-state index contributed by atoms with van der Waals surface area (Å²) in [6.45, 7) is 5.07. The third kappa shape index (κ3) is 5.09. The molecule has 0 aliphatic carbocycles. The highest BCUT2D eigenvalue weighted by Crippen LogP contribution is 2.27. The maximum Gasteiger partial charge on any atom is 0.0520 e. The first-order chi connectivity index (χ1) is 10.1. The minimum absolute atomic E-state index is 0.904. The Morgan fingerprint density at radius 2 is 2.00 bits per heavy atom. The fourth-order valence-electron chi connectivity index (χ4n) is 2.22. The first-order valence-corrected chi connectivity index (χ1v) is 9.50. The van der Waals surface area contributed by atoms with Gasteiger partial charge < -0.3 is 10.2 Å². The van der Waals surface area contributed by atoms with Gasteiger partial charge in [0.15, 0.2) is 0 Å². The standard InChI is InChI=1S/C16H20Br2N2S/c1-3-6-19-9-12-7-13(17)4-5-16(12)20(2)10-15-8-14(18)11-21-15/h4-5,7-8,11,19H,3,6,9-10H2,1-2H3. The second kappa shape index (κ2) is 8.32. The van der Waals surface area contributed by atoms with Crippen molar-refractivity contribution in [2.75, 3.05) is 18.5 Å². The highest BCUT2D eigenvalue weighted by Gasteiger charge is 2.09. The van der Waals surface area contributed by atoms with E-state index in [1.54, 1.807) is 11.3 Å². The van der Waals surface area contributed by atoms with E-state index in [2.05, 4.69) is 85.7 Å². The molecule has 5 heteroatoms. The number of nitrogens with zero attached hydrogens (tertiary/aromatic N) is 1. The zero-order valence-electron chi connectivity index (χ0n) is 12.3. The fourth-order valence-corrected chi connectivity index (χ4v) is 4.14. The van der Waals surface area contributed by atoms with Crippen LogP contribution in [0.3, 0.4) is 0 Å². The van der Waals surface area contributed by atoms with Crippen molar-refractivity contribution in [2.24, 2.45) is 0 Å². The number of thiophene rings is 1. The van der Waals surface area contributed by atoms with Gasteiger partial charge in [-0.05, 0) is 58.7 Å². The van der Waals surface area contributed by atoms with E-state index < -0.39 is 0 Å². The van der Waals surface area contributed by atoms with E-state index >= 15 is 0 Å². The third-order valence-electron chi connectivity index (χ3n) is 3.21. The second-order valence-electron chi connectivity index (χ2n) is 5.04. The molecule has 1 aromatic carbocycles. The SMILES string of the molecule is CCCNCc1cc(Br)ccc1N(C)Cc1cc(Br)cs1. The van der Waals surface area contributed by atoms with Gasteiger partial charge in [-0.25, -0.2) is 0 Å². The zero-order chi connectivity index (χ0) is 15.2. The Morgan fingerprint density at radius 1 is 1.19 bits per heavy atom. The minimum atomic E-state index is 0.904. The maximum absolute atomic E-state index is 3.57. The Morgan fingerprint density at radius 3 is 2.67 bits per heavy atom. The summed E-state index contributed by atoms with van der Waals surface area (Å²) in [5, 5.41) is 5.62. The Kier molecular flexibility index (Phi) is 6.74. The summed E-state index contributed by atoms with van der Waals surface area (Å²) < 4.78 is 2.29. The molecule has 0 fully saturated rings. The van der Waals surface area contributed by atoms with Gasteiger partial charge in [0.1, 0.15) is 0 Å². The van der Waals surface area contributed by atoms with Crippen molar-refractivity contribution < 1.29 is 0 Å². The molecule has 0 radical (unpaired) electrons. The summed E-state index contributed by atoms with van der Waals surface area (Å²) in [6.07, 6.45) is 1.16. The van der Waals surface area contributed by atoms with Crippen LogP contribution in [0.25, 0.3) is 0 Å². The molecule has 0 saturated heterocycles. The summed E-state index contributed by atoms with van der Waals surface area (Å²) in [5.41, 5.74) is 2.61. The van der Waals surface area contributed by atoms with Crippen molar-refractivity contribution >= 4 is 48.9 Å². The number of anilines is 1. The fraction of sp³-hybridized carbons (Fsp3) is 0.375. The number of nitrogens with one attached hydrogen (secondary N) is 1. The molecule has 2 rings (SSSR count). The number of hydrogen-bond acceptors (Lipinski definition) is 3. The van der Waals surface area contributed by atoms with Crippen molar-refractivity contribution in [3.63, 3.8) is 0 Å². The van der Waals surface area contributed by atoms with Gasteiger partial charge in [0, 0.05) is 38.5 Å². The highest BCUT2D eigenvalue weighted by molar-refractivity contribution is 9.10. The summed E-state index contributed by atoms with van der Waals surface area (Å²) >= 11 is 8.88. The van der Waals surface area contributed by atoms with Gasteiger partial charge in [0.2, 0.25) is 0 Å². The molecule has 2 nitrogen and oxygen atoms in total. The smallest absolute Gasteiger partial charge is 0.0520 e. The van der Waals surface area contributed by atoms with Crippen LogP contribution in [0.2, 0.25) is 0 Å². The van der Waals surface area contributed by atoms with Crippen molar-refractivity contribution in [2.45, 2.75) is 26.4 Å². The van der Waals surface area contributed by atoms with E-state index in [0.29, 0.717) is 0 Å². The molecule has 1 N–H and O–H groups in total. The summed E-state index contributed by atoms with van der Waals surface area (Å²) in [4.78, 5) is 3.67. The molecule has 1 heterocycles. The van der Waals surface area contributed by atoms with Crippen LogP contribution < -0.4 is 10.2 Å². The predicted molar refractivity (Wildman–Crippen MR) is 100 cm³/mol. The van der Waals surface area contributed by atoms with Gasteiger partial charge in [-0.1, -0.05) is 22.9 Å². The van der Waals surface area contributed by atoms with Crippen LogP contribution in [0, 0.1) is 0 Å². The Balaban J connectivity index is 2.12. The van der Waals surface area contributed by atoms with Crippen LogP contribution in [-0.2, 0) is 13.1 Å². The molecule has 1 aromatic heterocycles. The Labute approximate surface area is 147 Å². The van der Waals surface area contributed by atoms with Gasteiger partial charge in [0.25, 0.3) is 0 Å². The lowest BCUT2D eigenvalue weighted by atomic mass is 10.1. The number of halogens is 2. The van der Waals surface area contributed by atoms with Gasteiger partial charge >= 0.3 is 0 Å². The van der Waals surface area contributed by atoms with Crippen molar-refractivity contribution in [3.8, 4) is 0 Å². The van der Waals surface area contributed by atoms with Gasteiger partial charge in [-0.3, -0.25) is 0 Å². The highest BCUT2D eigenvalue weighted by atomic mass is 79.9. The number of hydrogen-bond donors (Lipinski definition) is 1. The first kappa shape index (κ1) is 17.0. The summed E-state index contributed by atoms with van der Waals surface area (Å²) in [6, 6.07) is 8.70. The maximum atomic E-state index is 3.57. The molecular weight excluding hydrogens is 412 g/mol. The lowest BCUT2D eigenvalue weighted by molar-refractivity contribution is 0.673. The quantitative estimate of drug-likeness (QED) is 0.589.